The zero-order valence-corrected chi connectivity index (χ0v) is 12.2. The van der Waals surface area contributed by atoms with Crippen LogP contribution in [0.1, 0.15) is 65.7 Å². The summed E-state index contributed by atoms with van der Waals surface area (Å²) >= 11 is 0. The van der Waals surface area contributed by atoms with E-state index in [4.69, 9.17) is 5.73 Å². The summed E-state index contributed by atoms with van der Waals surface area (Å²) in [6.45, 7) is 10.2. The van der Waals surface area contributed by atoms with Crippen LogP contribution >= 0.6 is 0 Å². The average molecular weight is 240 g/mol. The Morgan fingerprint density at radius 1 is 1.06 bits per heavy atom. The molecule has 2 nitrogen and oxygen atoms in total. The van der Waals surface area contributed by atoms with Gasteiger partial charge in [-0.25, -0.2) is 0 Å². The van der Waals surface area contributed by atoms with E-state index in [0.717, 1.165) is 12.5 Å². The van der Waals surface area contributed by atoms with Crippen molar-refractivity contribution in [2.24, 2.45) is 11.7 Å². The molecule has 0 atom stereocenters. The Morgan fingerprint density at radius 2 is 1.65 bits per heavy atom. The summed E-state index contributed by atoms with van der Waals surface area (Å²) < 4.78 is 0. The standard InChI is InChI=1S/C15H32N2/c1-4-9-15(13-16,10-5-2)17(11-6-3)12-14-7-8-14/h14H,4-13,16H2,1-3H3. The van der Waals surface area contributed by atoms with Gasteiger partial charge < -0.3 is 5.73 Å². The van der Waals surface area contributed by atoms with Gasteiger partial charge in [0.15, 0.2) is 0 Å². The van der Waals surface area contributed by atoms with Crippen LogP contribution in [0.15, 0.2) is 0 Å². The van der Waals surface area contributed by atoms with E-state index in [1.54, 1.807) is 0 Å². The Bertz CT molecular complexity index is 193. The molecule has 0 aromatic heterocycles. The van der Waals surface area contributed by atoms with Crippen LogP contribution in [-0.4, -0.2) is 30.1 Å². The van der Waals surface area contributed by atoms with Gasteiger partial charge in [0.05, 0.1) is 0 Å². The highest BCUT2D eigenvalue weighted by atomic mass is 15.2. The molecule has 1 rings (SSSR count). The van der Waals surface area contributed by atoms with Crippen LogP contribution in [0.3, 0.4) is 0 Å². The average Bonchev–Trinajstić information content (AvgIpc) is 3.12. The van der Waals surface area contributed by atoms with E-state index < -0.39 is 0 Å². The number of hydrogen-bond acceptors (Lipinski definition) is 2. The van der Waals surface area contributed by atoms with Crippen molar-refractivity contribution in [1.82, 2.24) is 4.90 Å². The van der Waals surface area contributed by atoms with Gasteiger partial charge in [-0.3, -0.25) is 4.90 Å². The minimum absolute atomic E-state index is 0.294. The van der Waals surface area contributed by atoms with E-state index in [1.807, 2.05) is 0 Å². The predicted molar refractivity (Wildman–Crippen MR) is 76.2 cm³/mol. The summed E-state index contributed by atoms with van der Waals surface area (Å²) in [5.74, 6) is 0.973. The first-order chi connectivity index (χ1) is 8.22. The van der Waals surface area contributed by atoms with Crippen molar-refractivity contribution in [1.29, 1.82) is 0 Å². The minimum Gasteiger partial charge on any atom is -0.329 e. The molecular weight excluding hydrogens is 208 g/mol. The van der Waals surface area contributed by atoms with Gasteiger partial charge in [-0.15, -0.1) is 0 Å². The van der Waals surface area contributed by atoms with Crippen molar-refractivity contribution < 1.29 is 0 Å². The monoisotopic (exact) mass is 240 g/mol. The smallest absolute Gasteiger partial charge is 0.0331 e. The maximum absolute atomic E-state index is 6.17. The Labute approximate surface area is 108 Å². The van der Waals surface area contributed by atoms with E-state index in [0.29, 0.717) is 5.54 Å². The molecular formula is C15H32N2. The van der Waals surface area contributed by atoms with E-state index in [2.05, 4.69) is 25.7 Å². The molecule has 0 aromatic rings. The molecule has 0 saturated heterocycles. The number of rotatable bonds is 10. The fourth-order valence-electron chi connectivity index (χ4n) is 3.11. The van der Waals surface area contributed by atoms with Gasteiger partial charge >= 0.3 is 0 Å². The maximum atomic E-state index is 6.17. The van der Waals surface area contributed by atoms with Crippen molar-refractivity contribution in [3.63, 3.8) is 0 Å². The lowest BCUT2D eigenvalue weighted by Crippen LogP contribution is -2.54. The first kappa shape index (κ1) is 15.0. The summed E-state index contributed by atoms with van der Waals surface area (Å²) in [5, 5.41) is 0. The highest BCUT2D eigenvalue weighted by molar-refractivity contribution is 4.93. The molecule has 0 radical (unpaired) electrons. The Kier molecular flexibility index (Phi) is 6.50. The SMILES string of the molecule is CCCN(CC1CC1)C(CN)(CCC)CCC. The first-order valence-electron chi connectivity index (χ1n) is 7.67. The molecule has 0 bridgehead atoms. The van der Waals surface area contributed by atoms with Crippen LogP contribution in [0.25, 0.3) is 0 Å². The van der Waals surface area contributed by atoms with E-state index in [-0.39, 0.29) is 0 Å². The zero-order chi connectivity index (χ0) is 12.7. The second-order valence-electron chi connectivity index (χ2n) is 5.82. The Morgan fingerprint density at radius 3 is 2.00 bits per heavy atom. The Balaban J connectivity index is 2.71. The molecule has 1 aliphatic carbocycles. The van der Waals surface area contributed by atoms with Crippen molar-refractivity contribution in [2.45, 2.75) is 71.3 Å². The summed E-state index contributed by atoms with van der Waals surface area (Å²) in [7, 11) is 0. The molecule has 0 amide bonds. The molecule has 0 unspecified atom stereocenters. The number of nitrogens with zero attached hydrogens (tertiary/aromatic N) is 1. The zero-order valence-electron chi connectivity index (χ0n) is 12.2. The fourth-order valence-corrected chi connectivity index (χ4v) is 3.11. The molecule has 1 aliphatic rings. The molecule has 2 N–H and O–H groups in total. The predicted octanol–water partition coefficient (Wildman–Crippen LogP) is 3.41. The lowest BCUT2D eigenvalue weighted by molar-refractivity contribution is 0.0691. The normalized spacial score (nSPS) is 16.8. The van der Waals surface area contributed by atoms with Crippen LogP contribution in [0.2, 0.25) is 0 Å². The number of nitrogens with two attached hydrogens (primary N) is 1. The van der Waals surface area contributed by atoms with Gasteiger partial charge in [-0.2, -0.15) is 0 Å². The number of hydrogen-bond donors (Lipinski definition) is 1. The highest BCUT2D eigenvalue weighted by Gasteiger charge is 2.36. The summed E-state index contributed by atoms with van der Waals surface area (Å²) in [5.41, 5.74) is 6.46. The second-order valence-corrected chi connectivity index (χ2v) is 5.82. The molecule has 2 heteroatoms. The molecule has 0 aliphatic heterocycles. The third-order valence-electron chi connectivity index (χ3n) is 4.15. The van der Waals surface area contributed by atoms with Crippen LogP contribution in [0.5, 0.6) is 0 Å². The second kappa shape index (κ2) is 7.38. The molecule has 0 spiro atoms. The molecule has 102 valence electrons. The Hall–Kier alpha value is -0.0800. The van der Waals surface area contributed by atoms with Crippen molar-refractivity contribution >= 4 is 0 Å². The molecule has 0 heterocycles. The van der Waals surface area contributed by atoms with Crippen LogP contribution in [0, 0.1) is 5.92 Å². The van der Waals surface area contributed by atoms with Gasteiger partial charge in [0.25, 0.3) is 0 Å². The van der Waals surface area contributed by atoms with Gasteiger partial charge in [0, 0.05) is 18.6 Å². The van der Waals surface area contributed by atoms with Gasteiger partial charge in [0.1, 0.15) is 0 Å². The van der Waals surface area contributed by atoms with Crippen molar-refractivity contribution in [3.05, 3.63) is 0 Å². The van der Waals surface area contributed by atoms with E-state index in [1.165, 1.54) is 58.0 Å². The van der Waals surface area contributed by atoms with Crippen molar-refractivity contribution in [3.8, 4) is 0 Å². The molecule has 0 aromatic carbocycles. The summed E-state index contributed by atoms with van der Waals surface area (Å²) in [6.07, 6.45) is 9.18. The lowest BCUT2D eigenvalue weighted by Gasteiger charge is -2.44. The third-order valence-corrected chi connectivity index (χ3v) is 4.15. The largest absolute Gasteiger partial charge is 0.329 e. The van der Waals surface area contributed by atoms with Crippen LogP contribution in [-0.2, 0) is 0 Å². The van der Waals surface area contributed by atoms with Crippen LogP contribution < -0.4 is 5.73 Å². The van der Waals surface area contributed by atoms with Crippen LogP contribution in [0.4, 0.5) is 0 Å². The summed E-state index contributed by atoms with van der Waals surface area (Å²) in [4.78, 5) is 2.73. The highest BCUT2D eigenvalue weighted by Crippen LogP contribution is 2.35. The molecule has 1 fully saturated rings. The van der Waals surface area contributed by atoms with E-state index >= 15 is 0 Å². The van der Waals surface area contributed by atoms with Gasteiger partial charge in [0.2, 0.25) is 0 Å². The third kappa shape index (κ3) is 4.26. The maximum Gasteiger partial charge on any atom is 0.0331 e. The topological polar surface area (TPSA) is 29.3 Å². The van der Waals surface area contributed by atoms with E-state index in [9.17, 15) is 0 Å². The summed E-state index contributed by atoms with van der Waals surface area (Å²) in [6, 6.07) is 0. The van der Waals surface area contributed by atoms with Crippen molar-refractivity contribution in [2.75, 3.05) is 19.6 Å². The quantitative estimate of drug-likeness (QED) is 0.634. The molecule has 17 heavy (non-hydrogen) atoms. The molecule has 1 saturated carbocycles. The lowest BCUT2D eigenvalue weighted by atomic mass is 9.86. The first-order valence-corrected chi connectivity index (χ1v) is 7.67. The van der Waals surface area contributed by atoms with Gasteiger partial charge in [-0.1, -0.05) is 33.6 Å². The minimum atomic E-state index is 0.294. The fraction of sp³-hybridized carbons (Fsp3) is 1.00. The van der Waals surface area contributed by atoms with Gasteiger partial charge in [-0.05, 0) is 44.6 Å².